The molecule has 0 saturated heterocycles. The molecule has 3 aromatic carbocycles. The van der Waals surface area contributed by atoms with Gasteiger partial charge in [0.05, 0.1) is 0 Å². The second-order valence-electron chi connectivity index (χ2n) is 5.73. The molecular formula is C20H12F6O2. The highest BCUT2D eigenvalue weighted by Gasteiger charge is 2.31. The van der Waals surface area contributed by atoms with E-state index >= 15 is 0 Å². The van der Waals surface area contributed by atoms with Crippen molar-refractivity contribution in [2.75, 3.05) is 0 Å². The molecule has 0 spiro atoms. The zero-order valence-corrected chi connectivity index (χ0v) is 14.0. The highest BCUT2D eigenvalue weighted by molar-refractivity contribution is 5.73. The van der Waals surface area contributed by atoms with Crippen LogP contribution in [0, 0.1) is 0 Å². The minimum atomic E-state index is -4.76. The molecule has 3 aromatic rings. The summed E-state index contributed by atoms with van der Waals surface area (Å²) in [5.41, 5.74) is 2.78. The molecule has 0 unspecified atom stereocenters. The Morgan fingerprint density at radius 2 is 0.821 bits per heavy atom. The van der Waals surface area contributed by atoms with Crippen LogP contribution in [0.1, 0.15) is 0 Å². The van der Waals surface area contributed by atoms with Crippen molar-refractivity contribution in [3.05, 3.63) is 72.8 Å². The number of halogens is 6. The summed E-state index contributed by atoms with van der Waals surface area (Å²) in [5.74, 6) is -0.652. The first-order valence-corrected chi connectivity index (χ1v) is 7.91. The summed E-state index contributed by atoms with van der Waals surface area (Å²) in [5, 5.41) is 0. The Balaban J connectivity index is 1.80. The molecule has 0 heterocycles. The van der Waals surface area contributed by atoms with E-state index in [2.05, 4.69) is 9.47 Å². The molecule has 0 fully saturated rings. The number of alkyl halides is 6. The molecule has 0 aliphatic rings. The lowest BCUT2D eigenvalue weighted by molar-refractivity contribution is -0.275. The first-order chi connectivity index (χ1) is 13.1. The predicted molar refractivity (Wildman–Crippen MR) is 90.7 cm³/mol. The Morgan fingerprint density at radius 1 is 0.464 bits per heavy atom. The molecule has 0 aliphatic heterocycles. The number of ether oxygens (including phenoxy) is 2. The Hall–Kier alpha value is -3.16. The molecule has 28 heavy (non-hydrogen) atoms. The van der Waals surface area contributed by atoms with Crippen molar-refractivity contribution in [2.24, 2.45) is 0 Å². The van der Waals surface area contributed by atoms with Gasteiger partial charge in [0, 0.05) is 0 Å². The fourth-order valence-electron chi connectivity index (χ4n) is 2.58. The zero-order chi connectivity index (χ0) is 20.4. The quantitative estimate of drug-likeness (QED) is 0.449. The van der Waals surface area contributed by atoms with E-state index in [-0.39, 0.29) is 11.5 Å². The molecule has 0 amide bonds. The van der Waals surface area contributed by atoms with E-state index in [1.165, 1.54) is 48.5 Å². The van der Waals surface area contributed by atoms with Gasteiger partial charge < -0.3 is 9.47 Å². The fraction of sp³-hybridized carbons (Fsp3) is 0.100. The monoisotopic (exact) mass is 398 g/mol. The fourth-order valence-corrected chi connectivity index (χ4v) is 2.58. The molecule has 2 nitrogen and oxygen atoms in total. The van der Waals surface area contributed by atoms with Gasteiger partial charge in [-0.25, -0.2) is 0 Å². The van der Waals surface area contributed by atoms with Gasteiger partial charge in [-0.2, -0.15) is 0 Å². The van der Waals surface area contributed by atoms with Crippen molar-refractivity contribution in [1.82, 2.24) is 0 Å². The largest absolute Gasteiger partial charge is 0.573 e. The summed E-state index contributed by atoms with van der Waals surface area (Å²) in [4.78, 5) is 0. The van der Waals surface area contributed by atoms with E-state index in [0.29, 0.717) is 11.1 Å². The molecule has 146 valence electrons. The van der Waals surface area contributed by atoms with Gasteiger partial charge in [0.1, 0.15) is 11.5 Å². The van der Waals surface area contributed by atoms with Crippen LogP contribution in [0.3, 0.4) is 0 Å². The lowest BCUT2D eigenvalue weighted by Gasteiger charge is -2.11. The first kappa shape index (κ1) is 19.6. The number of hydrogen-bond donors (Lipinski definition) is 0. The molecule has 8 heteroatoms. The standard InChI is InChI=1S/C20H12F6O2/c21-19(22,23)27-17-8-4-13(5-9-17)15-2-1-3-16(12-15)14-6-10-18(11-7-14)28-20(24,25)26/h1-12H. The maximum absolute atomic E-state index is 12.2. The maximum Gasteiger partial charge on any atom is 0.573 e. The molecule has 0 atom stereocenters. The molecule has 0 aromatic heterocycles. The molecule has 3 rings (SSSR count). The van der Waals surface area contributed by atoms with Crippen LogP contribution in [0.25, 0.3) is 22.3 Å². The third-order valence-electron chi connectivity index (χ3n) is 3.71. The van der Waals surface area contributed by atoms with Crippen molar-refractivity contribution in [2.45, 2.75) is 12.7 Å². The topological polar surface area (TPSA) is 18.5 Å². The second kappa shape index (κ2) is 7.46. The van der Waals surface area contributed by atoms with E-state index < -0.39 is 12.7 Å². The number of rotatable bonds is 4. The highest BCUT2D eigenvalue weighted by atomic mass is 19.4. The molecule has 0 saturated carbocycles. The normalized spacial score (nSPS) is 11.9. The van der Waals surface area contributed by atoms with Gasteiger partial charge in [-0.1, -0.05) is 42.5 Å². The van der Waals surface area contributed by atoms with Gasteiger partial charge in [-0.3, -0.25) is 0 Å². The van der Waals surface area contributed by atoms with E-state index in [9.17, 15) is 26.3 Å². The third kappa shape index (κ3) is 5.42. The van der Waals surface area contributed by atoms with Crippen LogP contribution < -0.4 is 9.47 Å². The molecular weight excluding hydrogens is 386 g/mol. The Bertz CT molecular complexity index is 854. The van der Waals surface area contributed by atoms with Crippen molar-refractivity contribution >= 4 is 0 Å². The smallest absolute Gasteiger partial charge is 0.406 e. The SMILES string of the molecule is FC(F)(F)Oc1ccc(-c2cccc(-c3ccc(OC(F)(F)F)cc3)c2)cc1. The van der Waals surface area contributed by atoms with Crippen LogP contribution in [0.2, 0.25) is 0 Å². The highest BCUT2D eigenvalue weighted by Crippen LogP contribution is 2.31. The summed E-state index contributed by atoms with van der Waals surface area (Å²) in [6.45, 7) is 0. The Morgan fingerprint density at radius 3 is 1.14 bits per heavy atom. The van der Waals surface area contributed by atoms with Crippen LogP contribution >= 0.6 is 0 Å². The van der Waals surface area contributed by atoms with Crippen LogP contribution in [0.5, 0.6) is 11.5 Å². The summed E-state index contributed by atoms with van der Waals surface area (Å²) < 4.78 is 81.1. The summed E-state index contributed by atoms with van der Waals surface area (Å²) >= 11 is 0. The van der Waals surface area contributed by atoms with Gasteiger partial charge in [-0.05, 0) is 52.6 Å². The van der Waals surface area contributed by atoms with E-state index in [1.807, 2.05) is 0 Å². The van der Waals surface area contributed by atoms with Crippen LogP contribution in [0.15, 0.2) is 72.8 Å². The third-order valence-corrected chi connectivity index (χ3v) is 3.71. The Kier molecular flexibility index (Phi) is 5.22. The van der Waals surface area contributed by atoms with E-state index in [4.69, 9.17) is 0 Å². The van der Waals surface area contributed by atoms with Crippen molar-refractivity contribution < 1.29 is 35.8 Å². The Labute approximate surface area is 155 Å². The van der Waals surface area contributed by atoms with Crippen molar-refractivity contribution in [1.29, 1.82) is 0 Å². The molecule has 0 bridgehead atoms. The van der Waals surface area contributed by atoms with Crippen molar-refractivity contribution in [3.8, 4) is 33.8 Å². The van der Waals surface area contributed by atoms with E-state index in [1.54, 1.807) is 24.3 Å². The average Bonchev–Trinajstić information content (AvgIpc) is 2.60. The number of hydrogen-bond acceptors (Lipinski definition) is 2. The lowest BCUT2D eigenvalue weighted by atomic mass is 9.99. The summed E-state index contributed by atoms with van der Waals surface area (Å²) in [6.07, 6.45) is -9.52. The molecule has 0 aliphatic carbocycles. The number of benzene rings is 3. The molecule has 0 radical (unpaired) electrons. The van der Waals surface area contributed by atoms with Crippen LogP contribution in [-0.2, 0) is 0 Å². The van der Waals surface area contributed by atoms with Crippen LogP contribution in [-0.4, -0.2) is 12.7 Å². The van der Waals surface area contributed by atoms with Crippen molar-refractivity contribution in [3.63, 3.8) is 0 Å². The zero-order valence-electron chi connectivity index (χ0n) is 14.0. The van der Waals surface area contributed by atoms with Crippen LogP contribution in [0.4, 0.5) is 26.3 Å². The summed E-state index contributed by atoms with van der Waals surface area (Å²) in [7, 11) is 0. The van der Waals surface area contributed by atoms with Gasteiger partial charge >= 0.3 is 12.7 Å². The minimum Gasteiger partial charge on any atom is -0.406 e. The molecule has 0 N–H and O–H groups in total. The van der Waals surface area contributed by atoms with E-state index in [0.717, 1.165) is 11.1 Å². The van der Waals surface area contributed by atoms with Gasteiger partial charge in [0.15, 0.2) is 0 Å². The second-order valence-corrected chi connectivity index (χ2v) is 5.73. The lowest BCUT2D eigenvalue weighted by Crippen LogP contribution is -2.16. The maximum atomic E-state index is 12.2. The average molecular weight is 398 g/mol. The first-order valence-electron chi connectivity index (χ1n) is 7.91. The van der Waals surface area contributed by atoms with Gasteiger partial charge in [-0.15, -0.1) is 26.3 Å². The van der Waals surface area contributed by atoms with Gasteiger partial charge in [0.25, 0.3) is 0 Å². The van der Waals surface area contributed by atoms with Gasteiger partial charge in [0.2, 0.25) is 0 Å². The predicted octanol–water partition coefficient (Wildman–Crippen LogP) is 6.82. The minimum absolute atomic E-state index is 0.326. The summed E-state index contributed by atoms with van der Waals surface area (Å²) in [6, 6.07) is 17.8.